The van der Waals surface area contributed by atoms with E-state index in [0.29, 0.717) is 23.5 Å². The Labute approximate surface area is 248 Å². The van der Waals surface area contributed by atoms with E-state index in [1.165, 1.54) is 29.4 Å². The summed E-state index contributed by atoms with van der Waals surface area (Å²) in [4.78, 5) is 37.8. The number of hydrogen-bond acceptors (Lipinski definition) is 9. The Morgan fingerprint density at radius 3 is 2.60 bits per heavy atom. The molecule has 0 saturated carbocycles. The molecule has 2 aliphatic rings. The number of ether oxygens (including phenoxy) is 1. The summed E-state index contributed by atoms with van der Waals surface area (Å²) in [5.41, 5.74) is 8.05. The minimum atomic E-state index is -0.512. The molecule has 0 bridgehead atoms. The smallest absolute Gasteiger partial charge is 0.414 e. The minimum absolute atomic E-state index is 0. The van der Waals surface area contributed by atoms with Crippen molar-refractivity contribution < 1.29 is 38.0 Å². The zero-order valence-electron chi connectivity index (χ0n) is 22.4. The molecule has 226 valence electrons. The molecule has 5 rings (SSSR count). The lowest BCUT2D eigenvalue weighted by atomic mass is 10.0. The van der Waals surface area contributed by atoms with E-state index in [2.05, 4.69) is 11.2 Å². The Morgan fingerprint density at radius 2 is 2.02 bits per heavy atom. The number of hydrogen-bond donors (Lipinski definition) is 2. The Bertz CT molecular complexity index is 1310. The molecule has 42 heavy (non-hydrogen) atoms. The summed E-state index contributed by atoms with van der Waals surface area (Å²) < 4.78 is 24.9. The van der Waals surface area contributed by atoms with Gasteiger partial charge in [0.05, 0.1) is 32.3 Å². The van der Waals surface area contributed by atoms with Crippen LogP contribution in [0.5, 0.6) is 0 Å². The molecule has 0 radical (unpaired) electrons. The average molecular weight is 603 g/mol. The molecule has 1 atom stereocenters. The van der Waals surface area contributed by atoms with E-state index in [9.17, 15) is 14.0 Å². The van der Waals surface area contributed by atoms with Gasteiger partial charge in [0, 0.05) is 17.4 Å². The van der Waals surface area contributed by atoms with Crippen molar-refractivity contribution in [3.05, 3.63) is 83.9 Å². The lowest BCUT2D eigenvalue weighted by Gasteiger charge is -2.21. The number of halogens is 1. The highest BCUT2D eigenvalue weighted by atomic mass is 32.2. The summed E-state index contributed by atoms with van der Waals surface area (Å²) in [6.07, 6.45) is 3.71. The first-order valence-corrected chi connectivity index (χ1v) is 13.7. The van der Waals surface area contributed by atoms with Crippen LogP contribution in [0.4, 0.5) is 20.7 Å². The third-order valence-electron chi connectivity index (χ3n) is 5.94. The van der Waals surface area contributed by atoms with Gasteiger partial charge in [-0.3, -0.25) is 19.3 Å². The van der Waals surface area contributed by atoms with Crippen LogP contribution in [0.3, 0.4) is 0 Å². The first kappa shape index (κ1) is 33.8. The Morgan fingerprint density at radius 1 is 1.29 bits per heavy atom. The van der Waals surface area contributed by atoms with E-state index in [1.54, 1.807) is 18.2 Å². The van der Waals surface area contributed by atoms with E-state index in [-0.39, 0.29) is 38.7 Å². The van der Waals surface area contributed by atoms with E-state index in [0.717, 1.165) is 29.1 Å². The summed E-state index contributed by atoms with van der Waals surface area (Å²) in [5, 5.41) is 12.2. The highest BCUT2D eigenvalue weighted by Crippen LogP contribution is 2.31. The molecule has 0 aliphatic carbocycles. The van der Waals surface area contributed by atoms with Crippen molar-refractivity contribution in [1.29, 1.82) is 0 Å². The van der Waals surface area contributed by atoms with Gasteiger partial charge in [-0.1, -0.05) is 49.0 Å². The quantitative estimate of drug-likeness (QED) is 0.273. The minimum Gasteiger partial charge on any atom is -0.483 e. The summed E-state index contributed by atoms with van der Waals surface area (Å²) in [7, 11) is 1.50. The second-order valence-corrected chi connectivity index (χ2v) is 9.82. The van der Waals surface area contributed by atoms with Crippen molar-refractivity contribution in [2.24, 2.45) is 5.73 Å². The lowest BCUT2D eigenvalue weighted by Crippen LogP contribution is -2.34. The van der Waals surface area contributed by atoms with Crippen molar-refractivity contribution in [3.63, 3.8) is 0 Å². The van der Waals surface area contributed by atoms with E-state index >= 15 is 0 Å². The second-order valence-electron chi connectivity index (χ2n) is 8.67. The monoisotopic (exact) mass is 602 g/mol. The van der Waals surface area contributed by atoms with Crippen molar-refractivity contribution in [2.75, 3.05) is 41.7 Å². The fourth-order valence-corrected chi connectivity index (χ4v) is 4.96. The van der Waals surface area contributed by atoms with E-state index in [1.807, 2.05) is 42.1 Å². The molecule has 3 aromatic rings. The third kappa shape index (κ3) is 9.93. The van der Waals surface area contributed by atoms with Gasteiger partial charge in [-0.15, -0.1) is 0 Å². The molecule has 2 aromatic carbocycles. The molecule has 1 unspecified atom stereocenters. The van der Waals surface area contributed by atoms with Gasteiger partial charge in [0.1, 0.15) is 18.2 Å². The molecular weight excluding hydrogens is 567 g/mol. The number of thioether (sulfide) groups is 1. The zero-order valence-corrected chi connectivity index (χ0v) is 23.2. The number of nitrogens with zero attached hydrogens (tertiary/aromatic N) is 3. The average Bonchev–Trinajstić information content (AvgIpc) is 3.63. The number of aromatic nitrogens is 1. The highest BCUT2D eigenvalue weighted by Gasteiger charge is 2.34. The first-order chi connectivity index (χ1) is 19.9. The van der Waals surface area contributed by atoms with Gasteiger partial charge in [-0.05, 0) is 41.5 Å². The number of anilines is 2. The molecule has 13 heteroatoms. The number of carbonyl (C=O) groups is 3. The first-order valence-electron chi connectivity index (χ1n) is 12.5. The molecular formula is C29H35FN4O7S. The van der Waals surface area contributed by atoms with Crippen molar-refractivity contribution in [2.45, 2.75) is 26.4 Å². The SMILES string of the molecule is C.CON(CC1CN(c2ccc(C3=CCSCC3)c(F)c2)C(=O)O1)c1ccon1.NC(=O)Cc1ccccc1.O=CO. The molecule has 1 aromatic heterocycles. The van der Waals surface area contributed by atoms with Gasteiger partial charge in [0.2, 0.25) is 5.91 Å². The topological polar surface area (TPSA) is 148 Å². The Kier molecular flexibility index (Phi) is 14.1. The van der Waals surface area contributed by atoms with E-state index in [4.69, 9.17) is 29.7 Å². The molecule has 11 nitrogen and oxygen atoms in total. The van der Waals surface area contributed by atoms with Crippen LogP contribution < -0.4 is 15.7 Å². The number of hydroxylamine groups is 1. The van der Waals surface area contributed by atoms with Crippen LogP contribution in [-0.2, 0) is 25.6 Å². The van der Waals surface area contributed by atoms with Gasteiger partial charge in [0.15, 0.2) is 5.82 Å². The predicted molar refractivity (Wildman–Crippen MR) is 160 cm³/mol. The van der Waals surface area contributed by atoms with Crippen molar-refractivity contribution in [1.82, 2.24) is 5.16 Å². The maximum Gasteiger partial charge on any atom is 0.414 e. The van der Waals surface area contributed by atoms with Crippen LogP contribution in [-0.4, -0.2) is 66.5 Å². The molecule has 1 saturated heterocycles. The number of carboxylic acid groups (broad SMARTS) is 1. The number of benzene rings is 2. The number of carbonyl (C=O) groups excluding carboxylic acids is 2. The third-order valence-corrected chi connectivity index (χ3v) is 6.83. The zero-order chi connectivity index (χ0) is 29.6. The highest BCUT2D eigenvalue weighted by molar-refractivity contribution is 7.99. The molecule has 2 amide bonds. The largest absolute Gasteiger partial charge is 0.483 e. The number of amides is 2. The van der Waals surface area contributed by atoms with Crippen molar-refractivity contribution in [3.8, 4) is 0 Å². The van der Waals surface area contributed by atoms with Gasteiger partial charge in [0.25, 0.3) is 6.47 Å². The van der Waals surface area contributed by atoms with Crippen LogP contribution in [0.25, 0.3) is 5.57 Å². The molecule has 3 heterocycles. The van der Waals surface area contributed by atoms with Crippen LogP contribution in [0.1, 0.15) is 25.0 Å². The standard InChI is InChI=1S/C19H20FN3O4S.C8H9NO.CH2O2.CH4/c1-25-23(18-4-7-26-21-18)12-15-11-22(19(24)27-15)14-2-3-16(17(20)10-14)13-5-8-28-9-6-13;9-8(10)6-7-4-2-1-3-5-7;2-1-3;/h2-5,7,10,15H,6,8-9,11-12H2,1H3;1-5H,6H2,(H2,9,10);1H,(H,2,3);1H4. The number of primary amides is 1. The fourth-order valence-electron chi connectivity index (χ4n) is 4.11. The summed E-state index contributed by atoms with van der Waals surface area (Å²) in [5.74, 6) is 1.76. The normalized spacial score (nSPS) is 15.5. The van der Waals surface area contributed by atoms with Gasteiger partial charge in [-0.2, -0.15) is 11.8 Å². The number of cyclic esters (lactones) is 1. The molecule has 3 N–H and O–H groups in total. The molecule has 2 aliphatic heterocycles. The lowest BCUT2D eigenvalue weighted by molar-refractivity contribution is -0.123. The summed E-state index contributed by atoms with van der Waals surface area (Å²) >= 11 is 1.84. The molecule has 0 spiro atoms. The number of rotatable bonds is 8. The van der Waals surface area contributed by atoms with Crippen LogP contribution in [0.15, 0.2) is 71.5 Å². The van der Waals surface area contributed by atoms with E-state index < -0.39 is 12.2 Å². The predicted octanol–water partition coefficient (Wildman–Crippen LogP) is 4.78. The Balaban J connectivity index is 0.000000370. The van der Waals surface area contributed by atoms with Crippen LogP contribution in [0.2, 0.25) is 0 Å². The van der Waals surface area contributed by atoms with Crippen LogP contribution in [0, 0.1) is 5.82 Å². The fraction of sp³-hybridized carbons (Fsp3) is 0.310. The number of nitrogens with two attached hydrogens (primary N) is 1. The van der Waals surface area contributed by atoms with Gasteiger partial charge >= 0.3 is 6.09 Å². The second kappa shape index (κ2) is 17.5. The summed E-state index contributed by atoms with van der Waals surface area (Å²) in [6, 6.07) is 16.0. The molecule has 1 fully saturated rings. The maximum atomic E-state index is 14.7. The Hall–Kier alpha value is -4.36. The summed E-state index contributed by atoms with van der Waals surface area (Å²) in [6.45, 7) is 0.311. The van der Waals surface area contributed by atoms with Crippen molar-refractivity contribution >= 4 is 47.3 Å². The number of allylic oxidation sites excluding steroid dienone is 1. The van der Waals surface area contributed by atoms with Gasteiger partial charge < -0.3 is 20.1 Å². The van der Waals surface area contributed by atoms with Crippen LogP contribution >= 0.6 is 11.8 Å². The van der Waals surface area contributed by atoms with Gasteiger partial charge in [-0.25, -0.2) is 14.2 Å². The maximum absolute atomic E-state index is 14.7.